The number of hydrogen-bond donors (Lipinski definition) is 1. The van der Waals surface area contributed by atoms with E-state index in [0.29, 0.717) is 28.6 Å². The summed E-state index contributed by atoms with van der Waals surface area (Å²) in [5.74, 6) is 0.522. The van der Waals surface area contributed by atoms with E-state index in [0.717, 1.165) is 18.4 Å². The second kappa shape index (κ2) is 8.97. The molecular formula is C21H23ClN2O4. The summed E-state index contributed by atoms with van der Waals surface area (Å²) in [4.78, 5) is 26.9. The Morgan fingerprint density at radius 1 is 1.14 bits per heavy atom. The highest BCUT2D eigenvalue weighted by atomic mass is 35.5. The summed E-state index contributed by atoms with van der Waals surface area (Å²) in [7, 11) is 3.03. The van der Waals surface area contributed by atoms with Crippen LogP contribution < -0.4 is 14.8 Å². The number of methoxy groups -OCH3 is 2. The Bertz CT molecular complexity index is 871. The van der Waals surface area contributed by atoms with Crippen LogP contribution in [0.3, 0.4) is 0 Å². The summed E-state index contributed by atoms with van der Waals surface area (Å²) in [6, 6.07) is 12.4. The molecule has 1 aliphatic heterocycles. The molecule has 0 aromatic heterocycles. The van der Waals surface area contributed by atoms with Crippen molar-refractivity contribution in [1.82, 2.24) is 10.2 Å². The predicted molar refractivity (Wildman–Crippen MR) is 107 cm³/mol. The van der Waals surface area contributed by atoms with Crippen LogP contribution in [0.4, 0.5) is 0 Å². The van der Waals surface area contributed by atoms with Crippen molar-refractivity contribution >= 4 is 23.4 Å². The molecule has 28 heavy (non-hydrogen) atoms. The standard InChI is InChI=1S/C21H23ClN2O4/c1-27-18-10-9-14(12-19(18)28-2)21(26)23-13-20(25)24-11-5-8-17(24)15-6-3-4-7-16(15)22/h3-4,6-7,9-10,12,17H,5,8,11,13H2,1-2H3,(H,23,26). The van der Waals surface area contributed by atoms with E-state index in [4.69, 9.17) is 21.1 Å². The average molecular weight is 403 g/mol. The fourth-order valence-corrected chi connectivity index (χ4v) is 3.73. The molecule has 2 aromatic rings. The Morgan fingerprint density at radius 3 is 2.61 bits per heavy atom. The van der Waals surface area contributed by atoms with Gasteiger partial charge in [0.1, 0.15) is 0 Å². The molecule has 1 saturated heterocycles. The lowest BCUT2D eigenvalue weighted by atomic mass is 10.0. The van der Waals surface area contributed by atoms with Gasteiger partial charge < -0.3 is 19.7 Å². The number of rotatable bonds is 6. The fourth-order valence-electron chi connectivity index (χ4n) is 3.47. The first-order chi connectivity index (χ1) is 13.5. The summed E-state index contributed by atoms with van der Waals surface area (Å²) in [6.45, 7) is 0.578. The third-order valence-electron chi connectivity index (χ3n) is 4.88. The molecule has 0 radical (unpaired) electrons. The molecule has 1 heterocycles. The van der Waals surface area contributed by atoms with Gasteiger partial charge in [0, 0.05) is 17.1 Å². The summed E-state index contributed by atoms with van der Waals surface area (Å²) < 4.78 is 10.4. The van der Waals surface area contributed by atoms with Crippen LogP contribution in [0, 0.1) is 0 Å². The number of ether oxygens (including phenoxy) is 2. The molecular weight excluding hydrogens is 380 g/mol. The van der Waals surface area contributed by atoms with Gasteiger partial charge in [-0.2, -0.15) is 0 Å². The number of benzene rings is 2. The monoisotopic (exact) mass is 402 g/mol. The van der Waals surface area contributed by atoms with Gasteiger partial charge in [-0.1, -0.05) is 29.8 Å². The number of amides is 2. The van der Waals surface area contributed by atoms with Gasteiger partial charge in [-0.15, -0.1) is 0 Å². The second-order valence-corrected chi connectivity index (χ2v) is 6.93. The topological polar surface area (TPSA) is 67.9 Å². The van der Waals surface area contributed by atoms with Gasteiger partial charge in [0.15, 0.2) is 11.5 Å². The lowest BCUT2D eigenvalue weighted by Crippen LogP contribution is -2.39. The lowest BCUT2D eigenvalue weighted by Gasteiger charge is -2.26. The molecule has 0 aliphatic carbocycles. The minimum atomic E-state index is -0.345. The Morgan fingerprint density at radius 2 is 1.89 bits per heavy atom. The average Bonchev–Trinajstić information content (AvgIpc) is 3.21. The summed E-state index contributed by atoms with van der Waals surface area (Å²) in [5, 5.41) is 3.35. The van der Waals surface area contributed by atoms with Crippen LogP contribution in [0.15, 0.2) is 42.5 Å². The predicted octanol–water partition coefficient (Wildman–Crippen LogP) is 3.45. The van der Waals surface area contributed by atoms with Crippen molar-refractivity contribution in [2.45, 2.75) is 18.9 Å². The first-order valence-corrected chi connectivity index (χ1v) is 9.47. The van der Waals surface area contributed by atoms with Gasteiger partial charge in [0.25, 0.3) is 5.91 Å². The molecule has 148 valence electrons. The quantitative estimate of drug-likeness (QED) is 0.803. The smallest absolute Gasteiger partial charge is 0.251 e. The number of carbonyl (C=O) groups is 2. The van der Waals surface area contributed by atoms with E-state index in [-0.39, 0.29) is 24.4 Å². The molecule has 1 unspecified atom stereocenters. The molecule has 2 amide bonds. The molecule has 0 saturated carbocycles. The van der Waals surface area contributed by atoms with Crippen LogP contribution in [0.25, 0.3) is 0 Å². The summed E-state index contributed by atoms with van der Waals surface area (Å²) >= 11 is 6.31. The zero-order valence-electron chi connectivity index (χ0n) is 15.9. The normalized spacial score (nSPS) is 16.0. The molecule has 1 atom stereocenters. The van der Waals surface area contributed by atoms with E-state index in [1.807, 2.05) is 24.3 Å². The van der Waals surface area contributed by atoms with Crippen molar-refractivity contribution in [3.05, 3.63) is 58.6 Å². The van der Waals surface area contributed by atoms with Crippen LogP contribution in [0.5, 0.6) is 11.5 Å². The minimum Gasteiger partial charge on any atom is -0.493 e. The molecule has 7 heteroatoms. The first kappa shape index (κ1) is 20.0. The fraction of sp³-hybridized carbons (Fsp3) is 0.333. The maximum atomic E-state index is 12.7. The Labute approximate surface area is 169 Å². The summed E-state index contributed by atoms with van der Waals surface area (Å²) in [6.07, 6.45) is 1.77. The highest BCUT2D eigenvalue weighted by molar-refractivity contribution is 6.31. The molecule has 1 N–H and O–H groups in total. The van der Waals surface area contributed by atoms with Crippen molar-refractivity contribution in [2.75, 3.05) is 27.3 Å². The maximum Gasteiger partial charge on any atom is 0.251 e. The maximum absolute atomic E-state index is 12.7. The van der Waals surface area contributed by atoms with Crippen LogP contribution in [-0.2, 0) is 4.79 Å². The van der Waals surface area contributed by atoms with Gasteiger partial charge in [-0.3, -0.25) is 9.59 Å². The van der Waals surface area contributed by atoms with Crippen molar-refractivity contribution in [3.8, 4) is 11.5 Å². The van der Waals surface area contributed by atoms with E-state index in [1.54, 1.807) is 23.1 Å². The number of halogens is 1. The molecule has 1 aliphatic rings. The third kappa shape index (κ3) is 4.22. The number of nitrogens with zero attached hydrogens (tertiary/aromatic N) is 1. The van der Waals surface area contributed by atoms with Crippen molar-refractivity contribution in [1.29, 1.82) is 0 Å². The molecule has 2 aromatic carbocycles. The van der Waals surface area contributed by atoms with Gasteiger partial charge in [-0.05, 0) is 42.7 Å². The lowest BCUT2D eigenvalue weighted by molar-refractivity contribution is -0.131. The minimum absolute atomic E-state index is 0.0563. The van der Waals surface area contributed by atoms with Crippen LogP contribution in [0.2, 0.25) is 5.02 Å². The van der Waals surface area contributed by atoms with Gasteiger partial charge in [0.2, 0.25) is 5.91 Å². The zero-order valence-corrected chi connectivity index (χ0v) is 16.7. The highest BCUT2D eigenvalue weighted by Crippen LogP contribution is 2.35. The second-order valence-electron chi connectivity index (χ2n) is 6.52. The first-order valence-electron chi connectivity index (χ1n) is 9.09. The van der Waals surface area contributed by atoms with Gasteiger partial charge in [-0.25, -0.2) is 0 Å². The molecule has 0 bridgehead atoms. The molecule has 0 spiro atoms. The van der Waals surface area contributed by atoms with Gasteiger partial charge in [0.05, 0.1) is 26.8 Å². The Hall–Kier alpha value is -2.73. The van der Waals surface area contributed by atoms with E-state index < -0.39 is 0 Å². The van der Waals surface area contributed by atoms with E-state index in [2.05, 4.69) is 5.32 Å². The van der Waals surface area contributed by atoms with Crippen molar-refractivity contribution in [2.24, 2.45) is 0 Å². The van der Waals surface area contributed by atoms with Crippen LogP contribution in [0.1, 0.15) is 34.8 Å². The zero-order chi connectivity index (χ0) is 20.1. The summed E-state index contributed by atoms with van der Waals surface area (Å²) in [5.41, 5.74) is 1.34. The number of nitrogens with one attached hydrogen (secondary N) is 1. The SMILES string of the molecule is COc1ccc(C(=O)NCC(=O)N2CCCC2c2ccccc2Cl)cc1OC. The van der Waals surface area contributed by atoms with Gasteiger partial charge >= 0.3 is 0 Å². The molecule has 6 nitrogen and oxygen atoms in total. The molecule has 1 fully saturated rings. The van der Waals surface area contributed by atoms with Crippen LogP contribution >= 0.6 is 11.6 Å². The Kier molecular flexibility index (Phi) is 6.41. The van der Waals surface area contributed by atoms with E-state index >= 15 is 0 Å². The van der Waals surface area contributed by atoms with E-state index in [9.17, 15) is 9.59 Å². The van der Waals surface area contributed by atoms with E-state index in [1.165, 1.54) is 14.2 Å². The van der Waals surface area contributed by atoms with Crippen LogP contribution in [-0.4, -0.2) is 44.0 Å². The van der Waals surface area contributed by atoms with Crippen molar-refractivity contribution in [3.63, 3.8) is 0 Å². The Balaban J connectivity index is 1.65. The number of hydrogen-bond acceptors (Lipinski definition) is 4. The number of likely N-dealkylation sites (tertiary alicyclic amines) is 1. The molecule has 3 rings (SSSR count). The highest BCUT2D eigenvalue weighted by Gasteiger charge is 2.31. The number of carbonyl (C=O) groups excluding carboxylic acids is 2. The largest absolute Gasteiger partial charge is 0.493 e. The third-order valence-corrected chi connectivity index (χ3v) is 5.23. The van der Waals surface area contributed by atoms with Crippen molar-refractivity contribution < 1.29 is 19.1 Å².